The molecule has 0 atom stereocenters. The summed E-state index contributed by atoms with van der Waals surface area (Å²) in [6.07, 6.45) is 2.74. The standard InChI is InChI=1S/C8H8N2O3/c1-2-5-10-7(11)6(8(12)13)3-4-9-10/h2-4H,1,5H2,(H,12,13). The van der Waals surface area contributed by atoms with Crippen LogP contribution >= 0.6 is 0 Å². The van der Waals surface area contributed by atoms with E-state index in [1.54, 1.807) is 0 Å². The molecule has 0 spiro atoms. The van der Waals surface area contributed by atoms with Gasteiger partial charge in [-0.3, -0.25) is 4.79 Å². The molecule has 1 heterocycles. The average Bonchev–Trinajstić information content (AvgIpc) is 2.08. The van der Waals surface area contributed by atoms with E-state index >= 15 is 0 Å². The van der Waals surface area contributed by atoms with E-state index < -0.39 is 11.5 Å². The van der Waals surface area contributed by atoms with Gasteiger partial charge in [0.2, 0.25) is 0 Å². The summed E-state index contributed by atoms with van der Waals surface area (Å²) in [6, 6.07) is 1.17. The van der Waals surface area contributed by atoms with Gasteiger partial charge in [-0.1, -0.05) is 6.08 Å². The van der Waals surface area contributed by atoms with Crippen LogP contribution in [0.4, 0.5) is 0 Å². The summed E-state index contributed by atoms with van der Waals surface area (Å²) >= 11 is 0. The normalized spacial score (nSPS) is 9.54. The van der Waals surface area contributed by atoms with E-state index in [0.717, 1.165) is 4.68 Å². The summed E-state index contributed by atoms with van der Waals surface area (Å²) in [5.41, 5.74) is -0.897. The minimum Gasteiger partial charge on any atom is -0.477 e. The highest BCUT2D eigenvalue weighted by Crippen LogP contribution is 1.88. The van der Waals surface area contributed by atoms with Gasteiger partial charge < -0.3 is 5.11 Å². The van der Waals surface area contributed by atoms with Crippen LogP contribution < -0.4 is 5.56 Å². The SMILES string of the molecule is C=CCn1nccc(C(=O)O)c1=O. The second kappa shape index (κ2) is 3.66. The zero-order chi connectivity index (χ0) is 9.84. The van der Waals surface area contributed by atoms with Crippen molar-refractivity contribution >= 4 is 5.97 Å². The molecule has 0 aromatic carbocycles. The Balaban J connectivity index is 3.26. The van der Waals surface area contributed by atoms with Gasteiger partial charge in [0.05, 0.1) is 6.54 Å². The molecule has 0 bridgehead atoms. The highest BCUT2D eigenvalue weighted by atomic mass is 16.4. The first-order chi connectivity index (χ1) is 6.16. The minimum absolute atomic E-state index is 0.208. The Hall–Kier alpha value is -1.91. The van der Waals surface area contributed by atoms with E-state index in [0.29, 0.717) is 0 Å². The number of hydrogen-bond donors (Lipinski definition) is 1. The third-order valence-corrected chi connectivity index (χ3v) is 1.44. The first kappa shape index (κ1) is 9.18. The van der Waals surface area contributed by atoms with E-state index in [1.807, 2.05) is 0 Å². The maximum absolute atomic E-state index is 11.3. The number of carbonyl (C=O) groups is 1. The van der Waals surface area contributed by atoms with Crippen molar-refractivity contribution in [3.8, 4) is 0 Å². The Morgan fingerprint density at radius 3 is 3.00 bits per heavy atom. The van der Waals surface area contributed by atoms with Crippen LogP contribution in [0, 0.1) is 0 Å². The number of aromatic nitrogens is 2. The van der Waals surface area contributed by atoms with Crippen molar-refractivity contribution in [3.63, 3.8) is 0 Å². The number of carboxylic acids is 1. The van der Waals surface area contributed by atoms with Gasteiger partial charge in [0, 0.05) is 6.20 Å². The van der Waals surface area contributed by atoms with E-state index in [4.69, 9.17) is 5.11 Å². The lowest BCUT2D eigenvalue weighted by molar-refractivity contribution is 0.0693. The lowest BCUT2D eigenvalue weighted by Gasteiger charge is -1.99. The zero-order valence-electron chi connectivity index (χ0n) is 6.80. The fourth-order valence-corrected chi connectivity index (χ4v) is 0.866. The molecule has 1 N–H and O–H groups in total. The molecule has 1 aromatic rings. The quantitative estimate of drug-likeness (QED) is 0.671. The number of allylic oxidation sites excluding steroid dienone is 1. The molecule has 0 aliphatic carbocycles. The molecule has 0 unspecified atom stereocenters. The molecule has 0 aliphatic heterocycles. The van der Waals surface area contributed by atoms with Gasteiger partial charge in [0.25, 0.3) is 5.56 Å². The molecule has 0 amide bonds. The highest BCUT2D eigenvalue weighted by molar-refractivity contribution is 5.86. The van der Waals surface area contributed by atoms with Crippen molar-refractivity contribution < 1.29 is 9.90 Å². The number of aromatic carboxylic acids is 1. The number of hydrogen-bond acceptors (Lipinski definition) is 3. The Bertz CT molecular complexity index is 395. The van der Waals surface area contributed by atoms with Gasteiger partial charge in [0.15, 0.2) is 0 Å². The van der Waals surface area contributed by atoms with Crippen molar-refractivity contribution in [1.29, 1.82) is 0 Å². The topological polar surface area (TPSA) is 72.2 Å². The summed E-state index contributed by atoms with van der Waals surface area (Å²) < 4.78 is 1.04. The molecule has 0 saturated carbocycles. The van der Waals surface area contributed by atoms with Crippen molar-refractivity contribution in [3.05, 3.63) is 40.8 Å². The van der Waals surface area contributed by atoms with Crippen LogP contribution in [0.5, 0.6) is 0 Å². The summed E-state index contributed by atoms with van der Waals surface area (Å²) in [7, 11) is 0. The minimum atomic E-state index is -1.25. The third kappa shape index (κ3) is 1.81. The lowest BCUT2D eigenvalue weighted by Crippen LogP contribution is -2.27. The third-order valence-electron chi connectivity index (χ3n) is 1.44. The zero-order valence-corrected chi connectivity index (χ0v) is 6.80. The lowest BCUT2D eigenvalue weighted by atomic mass is 10.3. The van der Waals surface area contributed by atoms with Crippen molar-refractivity contribution in [2.45, 2.75) is 6.54 Å². The fourth-order valence-electron chi connectivity index (χ4n) is 0.866. The first-order valence-corrected chi connectivity index (χ1v) is 3.57. The second-order valence-corrected chi connectivity index (χ2v) is 2.33. The molecule has 68 valence electrons. The number of rotatable bonds is 3. The van der Waals surface area contributed by atoms with Crippen molar-refractivity contribution in [2.75, 3.05) is 0 Å². The van der Waals surface area contributed by atoms with Crippen LogP contribution in [0.3, 0.4) is 0 Å². The van der Waals surface area contributed by atoms with Crippen molar-refractivity contribution in [1.82, 2.24) is 9.78 Å². The first-order valence-electron chi connectivity index (χ1n) is 3.57. The summed E-state index contributed by atoms with van der Waals surface area (Å²) in [5.74, 6) is -1.25. The van der Waals surface area contributed by atoms with Crippen LogP contribution in [0.2, 0.25) is 0 Å². The van der Waals surface area contributed by atoms with Gasteiger partial charge in [-0.15, -0.1) is 6.58 Å². The van der Waals surface area contributed by atoms with Gasteiger partial charge in [-0.05, 0) is 6.07 Å². The van der Waals surface area contributed by atoms with Gasteiger partial charge >= 0.3 is 5.97 Å². The van der Waals surface area contributed by atoms with Crippen LogP contribution in [-0.4, -0.2) is 20.9 Å². The van der Waals surface area contributed by atoms with E-state index in [2.05, 4.69) is 11.7 Å². The molecule has 0 saturated heterocycles. The number of carboxylic acid groups (broad SMARTS) is 1. The van der Waals surface area contributed by atoms with Gasteiger partial charge in [-0.2, -0.15) is 5.10 Å². The fraction of sp³-hybridized carbons (Fsp3) is 0.125. The second-order valence-electron chi connectivity index (χ2n) is 2.33. The van der Waals surface area contributed by atoms with Crippen molar-refractivity contribution in [2.24, 2.45) is 0 Å². The van der Waals surface area contributed by atoms with Gasteiger partial charge in [-0.25, -0.2) is 9.48 Å². The van der Waals surface area contributed by atoms with Crippen LogP contribution in [-0.2, 0) is 6.54 Å². The predicted octanol–water partition coefficient (Wildman–Crippen LogP) is 0.127. The summed E-state index contributed by atoms with van der Waals surface area (Å²) in [6.45, 7) is 3.63. The smallest absolute Gasteiger partial charge is 0.341 e. The predicted molar refractivity (Wildman–Crippen MR) is 45.7 cm³/mol. The van der Waals surface area contributed by atoms with Crippen LogP contribution in [0.25, 0.3) is 0 Å². The molecular formula is C8H8N2O3. The van der Waals surface area contributed by atoms with Crippen LogP contribution in [0.15, 0.2) is 29.7 Å². The molecule has 1 rings (SSSR count). The Morgan fingerprint density at radius 2 is 2.46 bits per heavy atom. The Morgan fingerprint density at radius 1 is 1.77 bits per heavy atom. The Labute approximate surface area is 73.9 Å². The summed E-state index contributed by atoms with van der Waals surface area (Å²) in [4.78, 5) is 21.8. The van der Waals surface area contributed by atoms with Gasteiger partial charge in [0.1, 0.15) is 5.56 Å². The summed E-state index contributed by atoms with van der Waals surface area (Å²) in [5, 5.41) is 12.3. The Kier molecular flexibility index (Phi) is 2.59. The molecular weight excluding hydrogens is 172 g/mol. The number of nitrogens with zero attached hydrogens (tertiary/aromatic N) is 2. The molecule has 0 fully saturated rings. The monoisotopic (exact) mass is 180 g/mol. The molecule has 5 nitrogen and oxygen atoms in total. The highest BCUT2D eigenvalue weighted by Gasteiger charge is 2.09. The van der Waals surface area contributed by atoms with Crippen LogP contribution in [0.1, 0.15) is 10.4 Å². The maximum Gasteiger partial charge on any atom is 0.341 e. The van der Waals surface area contributed by atoms with E-state index in [-0.39, 0.29) is 12.1 Å². The largest absolute Gasteiger partial charge is 0.477 e. The molecule has 1 aromatic heterocycles. The average molecular weight is 180 g/mol. The maximum atomic E-state index is 11.3. The molecule has 0 aliphatic rings. The molecule has 0 radical (unpaired) electrons. The molecule has 5 heteroatoms. The molecule has 13 heavy (non-hydrogen) atoms. The van der Waals surface area contributed by atoms with E-state index in [9.17, 15) is 9.59 Å². The van der Waals surface area contributed by atoms with E-state index in [1.165, 1.54) is 18.3 Å².